The van der Waals surface area contributed by atoms with Crippen molar-refractivity contribution in [1.82, 2.24) is 10.6 Å². The zero-order valence-corrected chi connectivity index (χ0v) is 8.05. The Balaban J connectivity index is 2.30. The van der Waals surface area contributed by atoms with Gasteiger partial charge in [0, 0.05) is 0 Å². The van der Waals surface area contributed by atoms with Gasteiger partial charge < -0.3 is 15.7 Å². The van der Waals surface area contributed by atoms with Crippen LogP contribution in [0, 0.1) is 0 Å². The van der Waals surface area contributed by atoms with Crippen molar-refractivity contribution in [2.45, 2.75) is 38.3 Å². The van der Waals surface area contributed by atoms with Crippen molar-refractivity contribution in [3.05, 3.63) is 0 Å². The number of carbonyl (C=O) groups is 1. The van der Waals surface area contributed by atoms with Crippen LogP contribution in [0.3, 0.4) is 0 Å². The number of hydrogen-bond donors (Lipinski definition) is 3. The Labute approximate surface area is 78.7 Å². The van der Waals surface area contributed by atoms with Crippen molar-refractivity contribution in [2.24, 2.45) is 0 Å². The van der Waals surface area contributed by atoms with Crippen LogP contribution in [0.5, 0.6) is 0 Å². The summed E-state index contributed by atoms with van der Waals surface area (Å²) in [5, 5.41) is 14.8. The molecule has 1 unspecified atom stereocenters. The van der Waals surface area contributed by atoms with Crippen LogP contribution in [0.25, 0.3) is 0 Å². The third-order valence-electron chi connectivity index (χ3n) is 2.44. The Morgan fingerprint density at radius 3 is 3.00 bits per heavy atom. The van der Waals surface area contributed by atoms with E-state index in [4.69, 9.17) is 5.11 Å². The van der Waals surface area contributed by atoms with Gasteiger partial charge in [0.1, 0.15) is 0 Å². The lowest BCUT2D eigenvalue weighted by molar-refractivity contribution is -0.123. The fourth-order valence-corrected chi connectivity index (χ4v) is 1.49. The van der Waals surface area contributed by atoms with Gasteiger partial charge >= 0.3 is 0 Å². The molecule has 1 fully saturated rings. The first-order valence-electron chi connectivity index (χ1n) is 4.92. The van der Waals surface area contributed by atoms with Crippen molar-refractivity contribution < 1.29 is 9.90 Å². The number of carbonyl (C=O) groups excluding carboxylic acids is 1. The highest BCUT2D eigenvalue weighted by Crippen LogP contribution is 2.05. The predicted octanol–water partition coefficient (Wildman–Crippen LogP) is -0.374. The summed E-state index contributed by atoms with van der Waals surface area (Å²) in [5.41, 5.74) is 0. The van der Waals surface area contributed by atoms with Crippen molar-refractivity contribution in [3.8, 4) is 0 Å². The van der Waals surface area contributed by atoms with Gasteiger partial charge in [-0.15, -0.1) is 0 Å². The molecule has 0 radical (unpaired) electrons. The van der Waals surface area contributed by atoms with Gasteiger partial charge in [0.2, 0.25) is 5.91 Å². The van der Waals surface area contributed by atoms with Crippen LogP contribution in [0.15, 0.2) is 0 Å². The van der Waals surface area contributed by atoms with Gasteiger partial charge in [-0.2, -0.15) is 0 Å². The molecule has 0 saturated carbocycles. The smallest absolute Gasteiger partial charge is 0.237 e. The summed E-state index contributed by atoms with van der Waals surface area (Å²) in [6.07, 6.45) is 2.75. The van der Waals surface area contributed by atoms with Gasteiger partial charge in [-0.1, -0.05) is 6.92 Å². The second kappa shape index (κ2) is 5.19. The lowest BCUT2D eigenvalue weighted by Crippen LogP contribution is -2.46. The molecule has 1 rings (SSSR count). The fraction of sp³-hybridized carbons (Fsp3) is 0.889. The Morgan fingerprint density at radius 2 is 2.54 bits per heavy atom. The van der Waals surface area contributed by atoms with E-state index in [1.807, 2.05) is 6.92 Å². The van der Waals surface area contributed by atoms with Crippen molar-refractivity contribution in [1.29, 1.82) is 0 Å². The molecule has 1 heterocycles. The van der Waals surface area contributed by atoms with Gasteiger partial charge in [0.25, 0.3) is 0 Å². The summed E-state index contributed by atoms with van der Waals surface area (Å²) in [6, 6.07) is -0.129. The van der Waals surface area contributed by atoms with Crippen LogP contribution in [0.1, 0.15) is 26.2 Å². The molecule has 1 saturated heterocycles. The van der Waals surface area contributed by atoms with Crippen LogP contribution < -0.4 is 10.6 Å². The summed E-state index contributed by atoms with van der Waals surface area (Å²) < 4.78 is 0. The van der Waals surface area contributed by atoms with E-state index < -0.39 is 0 Å². The lowest BCUT2D eigenvalue weighted by atomic mass is 10.2. The van der Waals surface area contributed by atoms with E-state index in [9.17, 15) is 4.79 Å². The molecule has 0 spiro atoms. The first-order valence-corrected chi connectivity index (χ1v) is 4.92. The summed E-state index contributed by atoms with van der Waals surface area (Å²) in [4.78, 5) is 11.5. The first-order chi connectivity index (χ1) is 6.27. The predicted molar refractivity (Wildman–Crippen MR) is 50.3 cm³/mol. The van der Waals surface area contributed by atoms with Crippen molar-refractivity contribution in [2.75, 3.05) is 13.2 Å². The standard InChI is InChI=1S/C9H18N2O2/c1-2-7(6-12)11-9(13)8-4-3-5-10-8/h7-8,10,12H,2-6H2,1H3,(H,11,13)/t7-,8?/m0/s1. The molecule has 1 amide bonds. The van der Waals surface area contributed by atoms with Crippen LogP contribution in [-0.4, -0.2) is 36.2 Å². The largest absolute Gasteiger partial charge is 0.394 e. The molecule has 0 aromatic rings. The summed E-state index contributed by atoms with van der Waals surface area (Å²) >= 11 is 0. The summed E-state index contributed by atoms with van der Waals surface area (Å²) in [7, 11) is 0. The van der Waals surface area contributed by atoms with Crippen LogP contribution in [0.4, 0.5) is 0 Å². The average molecular weight is 186 g/mol. The molecule has 1 aliphatic rings. The molecule has 13 heavy (non-hydrogen) atoms. The van der Waals surface area contributed by atoms with E-state index in [1.165, 1.54) is 0 Å². The molecule has 0 aromatic carbocycles. The zero-order chi connectivity index (χ0) is 9.68. The summed E-state index contributed by atoms with van der Waals surface area (Å²) in [5.74, 6) is 0.0263. The maximum atomic E-state index is 11.5. The maximum Gasteiger partial charge on any atom is 0.237 e. The second-order valence-corrected chi connectivity index (χ2v) is 3.45. The minimum atomic E-state index is -0.0881. The number of nitrogens with one attached hydrogen (secondary N) is 2. The van der Waals surface area contributed by atoms with Gasteiger partial charge in [0.15, 0.2) is 0 Å². The van der Waals surface area contributed by atoms with Gasteiger partial charge in [-0.05, 0) is 25.8 Å². The average Bonchev–Trinajstić information content (AvgIpc) is 2.66. The number of rotatable bonds is 4. The van der Waals surface area contributed by atoms with Gasteiger partial charge in [-0.3, -0.25) is 4.79 Å². The molecule has 1 aliphatic heterocycles. The minimum absolute atomic E-state index is 0.0228. The fourth-order valence-electron chi connectivity index (χ4n) is 1.49. The third kappa shape index (κ3) is 2.97. The Hall–Kier alpha value is -0.610. The van der Waals surface area contributed by atoms with E-state index in [-0.39, 0.29) is 24.6 Å². The zero-order valence-electron chi connectivity index (χ0n) is 8.05. The monoisotopic (exact) mass is 186 g/mol. The Bertz CT molecular complexity index is 163. The molecular formula is C9H18N2O2. The number of aliphatic hydroxyl groups is 1. The molecule has 2 atom stereocenters. The highest BCUT2D eigenvalue weighted by Gasteiger charge is 2.23. The van der Waals surface area contributed by atoms with Crippen LogP contribution >= 0.6 is 0 Å². The SMILES string of the molecule is CC[C@@H](CO)NC(=O)C1CCCN1. The van der Waals surface area contributed by atoms with Crippen molar-refractivity contribution >= 4 is 5.91 Å². The highest BCUT2D eigenvalue weighted by atomic mass is 16.3. The Kier molecular flexibility index (Phi) is 4.18. The van der Waals surface area contributed by atoms with E-state index in [0.717, 1.165) is 25.8 Å². The topological polar surface area (TPSA) is 61.4 Å². The van der Waals surface area contributed by atoms with Crippen molar-refractivity contribution in [3.63, 3.8) is 0 Å². The number of aliphatic hydroxyl groups excluding tert-OH is 1. The van der Waals surface area contributed by atoms with Gasteiger partial charge in [-0.25, -0.2) is 0 Å². The van der Waals surface area contributed by atoms with E-state index in [2.05, 4.69) is 10.6 Å². The molecular weight excluding hydrogens is 168 g/mol. The maximum absolute atomic E-state index is 11.5. The van der Waals surface area contributed by atoms with E-state index in [1.54, 1.807) is 0 Å². The number of amides is 1. The first kappa shape index (κ1) is 10.5. The second-order valence-electron chi connectivity index (χ2n) is 3.45. The molecule has 4 heteroatoms. The van der Waals surface area contributed by atoms with Crippen LogP contribution in [0.2, 0.25) is 0 Å². The normalized spacial score (nSPS) is 24.3. The quantitative estimate of drug-likeness (QED) is 0.561. The minimum Gasteiger partial charge on any atom is -0.394 e. The number of hydrogen-bond acceptors (Lipinski definition) is 3. The molecule has 0 bridgehead atoms. The summed E-state index contributed by atoms with van der Waals surface area (Å²) in [6.45, 7) is 2.90. The highest BCUT2D eigenvalue weighted by molar-refractivity contribution is 5.82. The lowest BCUT2D eigenvalue weighted by Gasteiger charge is -2.17. The molecule has 4 nitrogen and oxygen atoms in total. The van der Waals surface area contributed by atoms with Gasteiger partial charge in [0.05, 0.1) is 18.7 Å². The van der Waals surface area contributed by atoms with E-state index >= 15 is 0 Å². The molecule has 3 N–H and O–H groups in total. The molecule has 76 valence electrons. The molecule has 0 aliphatic carbocycles. The molecule has 0 aromatic heterocycles. The van der Waals surface area contributed by atoms with Crippen LogP contribution in [-0.2, 0) is 4.79 Å². The van der Waals surface area contributed by atoms with E-state index in [0.29, 0.717) is 0 Å². The Morgan fingerprint density at radius 1 is 1.77 bits per heavy atom. The third-order valence-corrected chi connectivity index (χ3v) is 2.44.